The first-order valence-electron chi connectivity index (χ1n) is 9.11. The lowest BCUT2D eigenvalue weighted by molar-refractivity contribution is 0.102. The van der Waals surface area contributed by atoms with Gasteiger partial charge in [0, 0.05) is 16.3 Å². The number of nitrogens with one attached hydrogen (secondary N) is 1. The molecule has 152 valence electrons. The highest BCUT2D eigenvalue weighted by atomic mass is 35.5. The molecule has 0 heterocycles. The van der Waals surface area contributed by atoms with E-state index in [0.717, 1.165) is 11.1 Å². The van der Waals surface area contributed by atoms with Gasteiger partial charge in [0.2, 0.25) is 0 Å². The third kappa shape index (κ3) is 5.29. The van der Waals surface area contributed by atoms with Gasteiger partial charge in [0.1, 0.15) is 5.75 Å². The van der Waals surface area contributed by atoms with E-state index in [4.69, 9.17) is 27.9 Å². The second-order valence-electron chi connectivity index (χ2n) is 6.61. The fourth-order valence-electron chi connectivity index (χ4n) is 2.80. The number of anilines is 1. The van der Waals surface area contributed by atoms with Gasteiger partial charge >= 0.3 is 0 Å². The van der Waals surface area contributed by atoms with Gasteiger partial charge in [0.15, 0.2) is 5.78 Å². The monoisotopic (exact) mass is 439 g/mol. The Kier molecular flexibility index (Phi) is 6.93. The quantitative estimate of drug-likeness (QED) is 0.354. The largest absolute Gasteiger partial charge is 0.494 e. The number of methoxy groups -OCH3 is 1. The second kappa shape index (κ2) is 9.61. The number of rotatable bonds is 6. The molecule has 0 aliphatic rings. The van der Waals surface area contributed by atoms with Crippen LogP contribution in [0.5, 0.6) is 5.75 Å². The molecule has 0 radical (unpaired) electrons. The first-order chi connectivity index (χ1) is 14.4. The molecule has 0 aliphatic carbocycles. The highest BCUT2D eigenvalue weighted by Gasteiger charge is 2.14. The van der Waals surface area contributed by atoms with E-state index in [2.05, 4.69) is 5.32 Å². The summed E-state index contributed by atoms with van der Waals surface area (Å²) in [6.07, 6.45) is 3.09. The van der Waals surface area contributed by atoms with Crippen LogP contribution < -0.4 is 10.1 Å². The van der Waals surface area contributed by atoms with Crippen LogP contribution in [0.3, 0.4) is 0 Å². The molecule has 30 heavy (non-hydrogen) atoms. The molecule has 3 rings (SSSR count). The third-order valence-corrected chi connectivity index (χ3v) is 4.89. The molecule has 0 bridgehead atoms. The van der Waals surface area contributed by atoms with Crippen LogP contribution in [0.15, 0.2) is 66.7 Å². The molecule has 3 aromatic carbocycles. The summed E-state index contributed by atoms with van der Waals surface area (Å²) in [6, 6.07) is 17.5. The third-order valence-electron chi connectivity index (χ3n) is 4.39. The topological polar surface area (TPSA) is 55.4 Å². The van der Waals surface area contributed by atoms with Gasteiger partial charge in [-0.1, -0.05) is 59.1 Å². The first-order valence-corrected chi connectivity index (χ1v) is 9.86. The number of ketones is 1. The number of allylic oxidation sites excluding steroid dienone is 1. The Morgan fingerprint density at radius 2 is 1.63 bits per heavy atom. The summed E-state index contributed by atoms with van der Waals surface area (Å²) in [6.45, 7) is 1.97. The van der Waals surface area contributed by atoms with Crippen molar-refractivity contribution in [1.82, 2.24) is 0 Å². The number of hydrogen-bond acceptors (Lipinski definition) is 3. The van der Waals surface area contributed by atoms with Crippen molar-refractivity contribution in [3.05, 3.63) is 99.0 Å². The number of hydrogen-bond donors (Lipinski definition) is 1. The van der Waals surface area contributed by atoms with E-state index in [-0.39, 0.29) is 28.0 Å². The van der Waals surface area contributed by atoms with Crippen LogP contribution in [-0.2, 0) is 0 Å². The Morgan fingerprint density at radius 1 is 0.967 bits per heavy atom. The van der Waals surface area contributed by atoms with Crippen LogP contribution in [0.2, 0.25) is 10.0 Å². The summed E-state index contributed by atoms with van der Waals surface area (Å²) < 4.78 is 5.21. The van der Waals surface area contributed by atoms with Gasteiger partial charge in [-0.15, -0.1) is 0 Å². The zero-order chi connectivity index (χ0) is 21.7. The van der Waals surface area contributed by atoms with Crippen molar-refractivity contribution < 1.29 is 14.3 Å². The number of carbonyl (C=O) groups excluding carboxylic acids is 2. The molecule has 0 atom stereocenters. The molecule has 4 nitrogen and oxygen atoms in total. The van der Waals surface area contributed by atoms with Gasteiger partial charge in [0.25, 0.3) is 5.91 Å². The van der Waals surface area contributed by atoms with Crippen molar-refractivity contribution in [3.63, 3.8) is 0 Å². The average Bonchev–Trinajstić information content (AvgIpc) is 2.73. The summed E-state index contributed by atoms with van der Waals surface area (Å²) in [5.74, 6) is -0.184. The smallest absolute Gasteiger partial charge is 0.255 e. The number of aryl methyl sites for hydroxylation is 1. The van der Waals surface area contributed by atoms with Crippen molar-refractivity contribution >= 4 is 46.7 Å². The molecule has 6 heteroatoms. The number of carbonyl (C=O) groups is 2. The summed E-state index contributed by atoms with van der Waals surface area (Å²) in [5, 5.41) is 3.47. The van der Waals surface area contributed by atoms with Crippen LogP contribution in [0, 0.1) is 6.92 Å². The zero-order valence-corrected chi connectivity index (χ0v) is 17.9. The highest BCUT2D eigenvalue weighted by Crippen LogP contribution is 2.32. The molecule has 0 unspecified atom stereocenters. The first kappa shape index (κ1) is 21.6. The molecule has 0 spiro atoms. The summed E-state index contributed by atoms with van der Waals surface area (Å²) in [7, 11) is 1.44. The predicted molar refractivity (Wildman–Crippen MR) is 122 cm³/mol. The van der Waals surface area contributed by atoms with Crippen LogP contribution in [0.1, 0.15) is 31.8 Å². The number of halogens is 2. The van der Waals surface area contributed by atoms with Crippen LogP contribution >= 0.6 is 23.2 Å². The Labute approximate surface area is 185 Å². The lowest BCUT2D eigenvalue weighted by Crippen LogP contribution is -2.11. The van der Waals surface area contributed by atoms with E-state index in [9.17, 15) is 9.59 Å². The minimum absolute atomic E-state index is 0.182. The summed E-state index contributed by atoms with van der Waals surface area (Å²) >= 11 is 12.1. The molecule has 1 N–H and O–H groups in total. The minimum Gasteiger partial charge on any atom is -0.494 e. The normalized spacial score (nSPS) is 10.8. The fraction of sp³-hybridized carbons (Fsp3) is 0.0833. The van der Waals surface area contributed by atoms with Crippen LogP contribution in [-0.4, -0.2) is 18.8 Å². The standard InChI is InChI=1S/C24H19Cl2NO3/c1-15-3-8-17(9-4-15)24(29)27-19-10-5-16(6-11-19)7-12-22(28)20-13-18(25)14-21(26)23(20)30-2/h3-14H,1-2H3,(H,27,29). The summed E-state index contributed by atoms with van der Waals surface area (Å²) in [4.78, 5) is 24.8. The van der Waals surface area contributed by atoms with Gasteiger partial charge in [-0.05, 0) is 55.0 Å². The maximum Gasteiger partial charge on any atom is 0.255 e. The fourth-order valence-corrected chi connectivity index (χ4v) is 3.37. The Hall–Kier alpha value is -3.08. The Balaban J connectivity index is 1.70. The van der Waals surface area contributed by atoms with E-state index in [0.29, 0.717) is 16.3 Å². The van der Waals surface area contributed by atoms with Gasteiger partial charge in [-0.2, -0.15) is 0 Å². The second-order valence-corrected chi connectivity index (χ2v) is 7.45. The molecular formula is C24H19Cl2NO3. The van der Waals surface area contributed by atoms with Crippen molar-refractivity contribution in [1.29, 1.82) is 0 Å². The Bertz CT molecular complexity index is 1100. The average molecular weight is 440 g/mol. The molecule has 0 fully saturated rings. The molecule has 0 aromatic heterocycles. The van der Waals surface area contributed by atoms with Crippen molar-refractivity contribution in [2.45, 2.75) is 6.92 Å². The molecule has 1 amide bonds. The zero-order valence-electron chi connectivity index (χ0n) is 16.4. The molecular weight excluding hydrogens is 421 g/mol. The molecule has 0 saturated heterocycles. The SMILES string of the molecule is COc1c(Cl)cc(Cl)cc1C(=O)C=Cc1ccc(NC(=O)c2ccc(C)cc2)cc1. The van der Waals surface area contributed by atoms with Crippen molar-refractivity contribution in [2.75, 3.05) is 12.4 Å². The lowest BCUT2D eigenvalue weighted by atomic mass is 10.1. The highest BCUT2D eigenvalue weighted by molar-refractivity contribution is 6.36. The number of ether oxygens (including phenoxy) is 1. The van der Waals surface area contributed by atoms with Crippen molar-refractivity contribution in [3.8, 4) is 5.75 Å². The van der Waals surface area contributed by atoms with E-state index in [1.165, 1.54) is 25.3 Å². The van der Waals surface area contributed by atoms with E-state index in [1.54, 1.807) is 42.5 Å². The minimum atomic E-state index is -0.284. The van der Waals surface area contributed by atoms with Gasteiger partial charge in [-0.25, -0.2) is 0 Å². The number of amides is 1. The van der Waals surface area contributed by atoms with Gasteiger partial charge < -0.3 is 10.1 Å². The lowest BCUT2D eigenvalue weighted by Gasteiger charge is -2.08. The van der Waals surface area contributed by atoms with Crippen LogP contribution in [0.25, 0.3) is 6.08 Å². The summed E-state index contributed by atoms with van der Waals surface area (Å²) in [5.41, 5.74) is 3.42. The van der Waals surface area contributed by atoms with E-state index >= 15 is 0 Å². The number of benzene rings is 3. The van der Waals surface area contributed by atoms with Crippen molar-refractivity contribution in [2.24, 2.45) is 0 Å². The molecule has 0 saturated carbocycles. The van der Waals surface area contributed by atoms with Gasteiger partial charge in [-0.3, -0.25) is 9.59 Å². The van der Waals surface area contributed by atoms with Gasteiger partial charge in [0.05, 0.1) is 17.7 Å². The molecule has 0 aliphatic heterocycles. The van der Waals surface area contributed by atoms with Crippen LogP contribution in [0.4, 0.5) is 5.69 Å². The van der Waals surface area contributed by atoms with E-state index in [1.807, 2.05) is 19.1 Å². The maximum atomic E-state index is 12.6. The Morgan fingerprint density at radius 3 is 2.27 bits per heavy atom. The van der Waals surface area contributed by atoms with E-state index < -0.39 is 0 Å². The predicted octanol–water partition coefficient (Wildman–Crippen LogP) is 6.46. The maximum absolute atomic E-state index is 12.6. The molecule has 3 aromatic rings.